The average Bonchev–Trinajstić information content (AvgIpc) is 3.32. The number of para-hydroxylation sites is 1. The summed E-state index contributed by atoms with van der Waals surface area (Å²) in [6.07, 6.45) is 3.01. The summed E-state index contributed by atoms with van der Waals surface area (Å²) in [5.74, 6) is 0. The Balaban J connectivity index is 0.00000245. The minimum atomic E-state index is -0.409. The molecular weight excluding hydrogens is 414 g/mol. The van der Waals surface area contributed by atoms with E-state index in [-0.39, 0.29) is 23.9 Å². The smallest absolute Gasteiger partial charge is 0.221 e. The van der Waals surface area contributed by atoms with Crippen LogP contribution in [0.1, 0.15) is 43.0 Å². The third-order valence-electron chi connectivity index (χ3n) is 7.39. The van der Waals surface area contributed by atoms with Gasteiger partial charge in [0.25, 0.3) is 0 Å². The number of quaternary nitrogens is 1. The van der Waals surface area contributed by atoms with Crippen LogP contribution in [0.25, 0.3) is 0 Å². The van der Waals surface area contributed by atoms with Crippen molar-refractivity contribution in [3.05, 3.63) is 114 Å². The van der Waals surface area contributed by atoms with E-state index < -0.39 is 5.66 Å². The minimum Gasteiger partial charge on any atom is -1.00 e. The normalized spacial score (nSPS) is 25.6. The SMILES string of the molecule is C=CC1(N2N=C(c3ccccc3)CC2c2ccccc2)[NH+](C)c2ccccc2C1(C)C.[Cl-]. The van der Waals surface area contributed by atoms with Crippen LogP contribution < -0.4 is 17.3 Å². The first-order valence-electron chi connectivity index (χ1n) is 11.1. The van der Waals surface area contributed by atoms with Crippen molar-refractivity contribution in [1.82, 2.24) is 5.01 Å². The molecule has 0 aromatic heterocycles. The topological polar surface area (TPSA) is 20.0 Å². The van der Waals surface area contributed by atoms with Crippen LogP contribution in [0, 0.1) is 0 Å². The maximum Gasteiger partial charge on any atom is 0.221 e. The summed E-state index contributed by atoms with van der Waals surface area (Å²) >= 11 is 0. The van der Waals surface area contributed by atoms with Crippen molar-refractivity contribution in [1.29, 1.82) is 0 Å². The van der Waals surface area contributed by atoms with Crippen molar-refractivity contribution in [2.24, 2.45) is 5.10 Å². The number of hydrogen-bond acceptors (Lipinski definition) is 2. The third kappa shape index (κ3) is 3.03. The molecule has 0 amide bonds. The van der Waals surface area contributed by atoms with Crippen molar-refractivity contribution in [3.63, 3.8) is 0 Å². The van der Waals surface area contributed by atoms with Gasteiger partial charge in [-0.1, -0.05) is 85.4 Å². The number of fused-ring (bicyclic) bond motifs is 1. The molecule has 2 aliphatic heterocycles. The fourth-order valence-electron chi connectivity index (χ4n) is 5.77. The van der Waals surface area contributed by atoms with Crippen molar-refractivity contribution in [2.45, 2.75) is 37.4 Å². The highest BCUT2D eigenvalue weighted by Gasteiger charge is 2.64. The van der Waals surface area contributed by atoms with Crippen LogP contribution >= 0.6 is 0 Å². The average molecular weight is 444 g/mol. The Kier molecular flexibility index (Phi) is 5.74. The van der Waals surface area contributed by atoms with Crippen molar-refractivity contribution >= 4 is 11.4 Å². The predicted molar refractivity (Wildman–Crippen MR) is 128 cm³/mol. The predicted octanol–water partition coefficient (Wildman–Crippen LogP) is 1.86. The molecule has 0 bridgehead atoms. The number of nitrogens with zero attached hydrogens (tertiary/aromatic N) is 2. The molecule has 3 aromatic carbocycles. The van der Waals surface area contributed by atoms with Gasteiger partial charge >= 0.3 is 0 Å². The van der Waals surface area contributed by atoms with Gasteiger partial charge in [-0.25, -0.2) is 5.01 Å². The Labute approximate surface area is 197 Å². The lowest BCUT2D eigenvalue weighted by molar-refractivity contribution is -0.877. The van der Waals surface area contributed by atoms with Gasteiger partial charge in [0.1, 0.15) is 5.69 Å². The van der Waals surface area contributed by atoms with E-state index in [0.717, 1.165) is 12.1 Å². The molecule has 3 unspecified atom stereocenters. The van der Waals surface area contributed by atoms with E-state index in [1.165, 1.54) is 27.3 Å². The lowest BCUT2D eigenvalue weighted by atomic mass is 9.74. The molecule has 0 spiro atoms. The number of halogens is 1. The molecule has 3 aromatic rings. The summed E-state index contributed by atoms with van der Waals surface area (Å²) in [7, 11) is 2.26. The first-order valence-corrected chi connectivity index (χ1v) is 11.1. The van der Waals surface area contributed by atoms with Crippen molar-refractivity contribution < 1.29 is 17.3 Å². The molecular formula is C28H30ClN3. The monoisotopic (exact) mass is 443 g/mol. The van der Waals surface area contributed by atoms with Crippen LogP contribution in [-0.2, 0) is 5.41 Å². The quantitative estimate of drug-likeness (QED) is 0.610. The molecule has 2 aliphatic rings. The number of benzene rings is 3. The molecule has 0 fully saturated rings. The van der Waals surface area contributed by atoms with Crippen LogP contribution in [0.4, 0.5) is 5.69 Å². The summed E-state index contributed by atoms with van der Waals surface area (Å²) in [5.41, 5.74) is 5.72. The van der Waals surface area contributed by atoms with Gasteiger partial charge in [0, 0.05) is 12.0 Å². The third-order valence-corrected chi connectivity index (χ3v) is 7.39. The summed E-state index contributed by atoms with van der Waals surface area (Å²) in [5, 5.41) is 7.68. The van der Waals surface area contributed by atoms with Gasteiger partial charge in [0.05, 0.1) is 24.2 Å². The maximum atomic E-state index is 5.33. The molecule has 3 nitrogen and oxygen atoms in total. The zero-order chi connectivity index (χ0) is 21.6. The molecule has 2 heterocycles. The number of nitrogens with one attached hydrogen (secondary N) is 1. The van der Waals surface area contributed by atoms with Crippen molar-refractivity contribution in [3.8, 4) is 0 Å². The van der Waals surface area contributed by atoms with Crippen LogP contribution in [0.3, 0.4) is 0 Å². The fourth-order valence-corrected chi connectivity index (χ4v) is 5.77. The Morgan fingerprint density at radius 2 is 1.53 bits per heavy atom. The van der Waals surface area contributed by atoms with E-state index in [9.17, 15) is 0 Å². The van der Waals surface area contributed by atoms with E-state index in [0.29, 0.717) is 0 Å². The minimum absolute atomic E-state index is 0. The van der Waals surface area contributed by atoms with E-state index >= 15 is 0 Å². The van der Waals surface area contributed by atoms with Crippen molar-refractivity contribution in [2.75, 3.05) is 7.05 Å². The maximum absolute atomic E-state index is 5.33. The molecule has 1 N–H and O–H groups in total. The second kappa shape index (κ2) is 8.23. The molecule has 0 saturated heterocycles. The Morgan fingerprint density at radius 1 is 0.938 bits per heavy atom. The van der Waals surface area contributed by atoms with Crippen LogP contribution in [0.15, 0.2) is 103 Å². The molecule has 5 rings (SSSR count). The highest BCUT2D eigenvalue weighted by molar-refractivity contribution is 6.01. The second-order valence-electron chi connectivity index (χ2n) is 9.15. The Morgan fingerprint density at radius 3 is 2.16 bits per heavy atom. The lowest BCUT2D eigenvalue weighted by Gasteiger charge is -2.47. The van der Waals surface area contributed by atoms with Gasteiger partial charge in [-0.2, -0.15) is 5.10 Å². The van der Waals surface area contributed by atoms with Crippen LogP contribution in [0.5, 0.6) is 0 Å². The first-order chi connectivity index (χ1) is 15.0. The first kappa shape index (κ1) is 22.3. The number of hydrogen-bond donors (Lipinski definition) is 1. The Hall–Kier alpha value is -2.88. The van der Waals surface area contributed by atoms with Crippen LogP contribution in [0.2, 0.25) is 0 Å². The van der Waals surface area contributed by atoms with Gasteiger partial charge < -0.3 is 12.4 Å². The summed E-state index contributed by atoms with van der Waals surface area (Å²) in [4.78, 5) is 1.32. The molecule has 0 aliphatic carbocycles. The summed E-state index contributed by atoms with van der Waals surface area (Å²) < 4.78 is 0. The lowest BCUT2D eigenvalue weighted by Crippen LogP contribution is -3.15. The number of hydrazone groups is 1. The molecule has 0 radical (unpaired) electrons. The van der Waals surface area contributed by atoms with Gasteiger partial charge in [0.2, 0.25) is 5.66 Å². The zero-order valence-electron chi connectivity index (χ0n) is 18.9. The standard InChI is InChI=1S/C28H29N3.ClH/c1-5-28(27(2,3)23-18-12-13-19-25(23)30(28)4)31-26(22-16-10-7-11-17-22)20-24(29-31)21-14-8-6-9-15-21;/h5-19,26H,1,20H2,2-4H3;1H. The molecule has 0 saturated carbocycles. The highest BCUT2D eigenvalue weighted by Crippen LogP contribution is 2.49. The second-order valence-corrected chi connectivity index (χ2v) is 9.15. The zero-order valence-corrected chi connectivity index (χ0v) is 19.7. The Bertz CT molecular complexity index is 1140. The van der Waals surface area contributed by atoms with Gasteiger partial charge in [-0.15, -0.1) is 0 Å². The highest BCUT2D eigenvalue weighted by atomic mass is 35.5. The molecule has 3 atom stereocenters. The van der Waals surface area contributed by atoms with Gasteiger partial charge in [-0.3, -0.25) is 4.90 Å². The van der Waals surface area contributed by atoms with Gasteiger partial charge in [0.15, 0.2) is 0 Å². The van der Waals surface area contributed by atoms with E-state index in [2.05, 4.69) is 123 Å². The van der Waals surface area contributed by atoms with Gasteiger partial charge in [-0.05, 0) is 37.1 Å². The molecule has 4 heteroatoms. The number of rotatable bonds is 4. The molecule has 164 valence electrons. The molecule has 32 heavy (non-hydrogen) atoms. The fraction of sp³-hybridized carbons (Fsp3) is 0.250. The van der Waals surface area contributed by atoms with E-state index in [1.54, 1.807) is 0 Å². The summed E-state index contributed by atoms with van der Waals surface area (Å²) in [6.45, 7) is 9.05. The number of likely N-dealkylation sites (N-methyl/N-ethyl adjacent to an activating group) is 1. The summed E-state index contributed by atoms with van der Waals surface area (Å²) in [6, 6.07) is 30.3. The largest absolute Gasteiger partial charge is 1.00 e. The van der Waals surface area contributed by atoms with E-state index in [1.807, 2.05) is 0 Å². The van der Waals surface area contributed by atoms with Crippen LogP contribution in [-0.4, -0.2) is 23.4 Å². The van der Waals surface area contributed by atoms with E-state index in [4.69, 9.17) is 5.10 Å².